The predicted molar refractivity (Wildman–Crippen MR) is 68.2 cm³/mol. The van der Waals surface area contributed by atoms with Gasteiger partial charge in [0.05, 0.1) is 7.11 Å². The molecule has 3 rings (SSSR count). The molecule has 2 heterocycles. The lowest BCUT2D eigenvalue weighted by Gasteiger charge is -2.14. The molecule has 1 saturated heterocycles. The van der Waals surface area contributed by atoms with Crippen molar-refractivity contribution >= 4 is 17.2 Å². The Morgan fingerprint density at radius 3 is 3.18 bits per heavy atom. The molecular weight excluding hydrogens is 236 g/mol. The van der Waals surface area contributed by atoms with E-state index in [4.69, 9.17) is 16.3 Å². The summed E-state index contributed by atoms with van der Waals surface area (Å²) in [4.78, 5) is 4.19. The highest BCUT2D eigenvalue weighted by molar-refractivity contribution is 6.30. The number of hydrogen-bond acceptors (Lipinski definition) is 3. The number of nitrogens with zero attached hydrogens (tertiary/aromatic N) is 1. The number of ether oxygens (including phenoxy) is 1. The van der Waals surface area contributed by atoms with E-state index < -0.39 is 0 Å². The molecule has 2 aliphatic rings. The zero-order valence-electron chi connectivity index (χ0n) is 9.74. The molecule has 1 N–H and O–H groups in total. The Labute approximate surface area is 106 Å². The molecule has 0 spiro atoms. The first kappa shape index (κ1) is 11.1. The minimum Gasteiger partial charge on any atom is -0.494 e. The van der Waals surface area contributed by atoms with E-state index in [1.807, 2.05) is 12.3 Å². The summed E-state index contributed by atoms with van der Waals surface area (Å²) in [5.74, 6) is 2.04. The molecular formula is C13H15ClN2O. The molecule has 3 nitrogen and oxygen atoms in total. The summed E-state index contributed by atoms with van der Waals surface area (Å²) < 4.78 is 5.22. The molecule has 2 atom stereocenters. The van der Waals surface area contributed by atoms with Crippen LogP contribution in [-0.4, -0.2) is 25.2 Å². The summed E-state index contributed by atoms with van der Waals surface area (Å²) in [6.45, 7) is 2.20. The van der Waals surface area contributed by atoms with Gasteiger partial charge in [0.15, 0.2) is 10.9 Å². The normalized spacial score (nSPS) is 26.8. The van der Waals surface area contributed by atoms with Gasteiger partial charge in [0, 0.05) is 18.7 Å². The van der Waals surface area contributed by atoms with Gasteiger partial charge in [-0.3, -0.25) is 0 Å². The van der Waals surface area contributed by atoms with Crippen LogP contribution in [0.3, 0.4) is 0 Å². The lowest BCUT2D eigenvalue weighted by molar-refractivity contribution is 0.413. The first-order chi connectivity index (χ1) is 8.29. The zero-order valence-corrected chi connectivity index (χ0v) is 10.5. The van der Waals surface area contributed by atoms with Crippen molar-refractivity contribution in [2.75, 3.05) is 20.2 Å². The molecule has 1 aromatic heterocycles. The Morgan fingerprint density at radius 1 is 1.47 bits per heavy atom. The van der Waals surface area contributed by atoms with Crippen LogP contribution in [0.1, 0.15) is 12.0 Å². The van der Waals surface area contributed by atoms with Gasteiger partial charge in [-0.05, 0) is 36.1 Å². The average molecular weight is 251 g/mol. The van der Waals surface area contributed by atoms with Crippen molar-refractivity contribution in [2.45, 2.75) is 6.42 Å². The average Bonchev–Trinajstić information content (AvgIpc) is 2.92. The van der Waals surface area contributed by atoms with Crippen molar-refractivity contribution in [1.29, 1.82) is 0 Å². The van der Waals surface area contributed by atoms with E-state index in [-0.39, 0.29) is 0 Å². The number of rotatable bonds is 2. The molecule has 0 bridgehead atoms. The van der Waals surface area contributed by atoms with E-state index in [0.29, 0.717) is 16.8 Å². The molecule has 1 fully saturated rings. The van der Waals surface area contributed by atoms with Crippen LogP contribution in [0.2, 0.25) is 5.15 Å². The van der Waals surface area contributed by atoms with Crippen LogP contribution in [0.25, 0.3) is 5.57 Å². The van der Waals surface area contributed by atoms with E-state index in [9.17, 15) is 0 Å². The Bertz CT molecular complexity index is 472. The molecule has 0 aromatic carbocycles. The second-order valence-corrected chi connectivity index (χ2v) is 5.00. The molecule has 0 saturated carbocycles. The Kier molecular flexibility index (Phi) is 2.81. The predicted octanol–water partition coefficient (Wildman–Crippen LogP) is 2.37. The SMILES string of the molecule is COc1cc(C2=CCC3CNCC23)cnc1Cl. The summed E-state index contributed by atoms with van der Waals surface area (Å²) in [5.41, 5.74) is 2.53. The lowest BCUT2D eigenvalue weighted by atomic mass is 9.91. The van der Waals surface area contributed by atoms with Crippen molar-refractivity contribution in [3.8, 4) is 5.75 Å². The second-order valence-electron chi connectivity index (χ2n) is 4.64. The zero-order chi connectivity index (χ0) is 11.8. The fraction of sp³-hybridized carbons (Fsp3) is 0.462. The van der Waals surface area contributed by atoms with Crippen LogP contribution in [0.4, 0.5) is 0 Å². The van der Waals surface area contributed by atoms with Crippen molar-refractivity contribution in [2.24, 2.45) is 11.8 Å². The first-order valence-electron chi connectivity index (χ1n) is 5.90. The van der Waals surface area contributed by atoms with Gasteiger partial charge >= 0.3 is 0 Å². The Morgan fingerprint density at radius 2 is 2.35 bits per heavy atom. The third kappa shape index (κ3) is 1.83. The largest absolute Gasteiger partial charge is 0.494 e. The van der Waals surface area contributed by atoms with Crippen LogP contribution >= 0.6 is 11.6 Å². The summed E-state index contributed by atoms with van der Waals surface area (Å²) in [5, 5.41) is 3.87. The number of pyridine rings is 1. The van der Waals surface area contributed by atoms with Crippen molar-refractivity contribution in [3.05, 3.63) is 29.1 Å². The smallest absolute Gasteiger partial charge is 0.171 e. The molecule has 90 valence electrons. The molecule has 0 radical (unpaired) electrons. The molecule has 4 heteroatoms. The standard InChI is InChI=1S/C13H15ClN2O/c1-17-12-4-9(6-16-13(12)14)10-3-2-8-5-15-7-11(8)10/h3-4,6,8,11,15H,2,5,7H2,1H3. The van der Waals surface area contributed by atoms with Gasteiger partial charge in [0.1, 0.15) is 0 Å². The highest BCUT2D eigenvalue weighted by Crippen LogP contribution is 2.41. The maximum atomic E-state index is 5.95. The summed E-state index contributed by atoms with van der Waals surface area (Å²) >= 11 is 5.95. The quantitative estimate of drug-likeness (QED) is 0.819. The van der Waals surface area contributed by atoms with E-state index in [1.165, 1.54) is 5.57 Å². The Hall–Kier alpha value is -1.06. The maximum Gasteiger partial charge on any atom is 0.171 e. The van der Waals surface area contributed by atoms with E-state index >= 15 is 0 Å². The maximum absolute atomic E-state index is 5.95. The molecule has 2 unspecified atom stereocenters. The number of hydrogen-bond donors (Lipinski definition) is 1. The number of methoxy groups -OCH3 is 1. The van der Waals surface area contributed by atoms with Gasteiger partial charge < -0.3 is 10.1 Å². The minimum absolute atomic E-state index is 0.427. The highest BCUT2D eigenvalue weighted by Gasteiger charge is 2.34. The third-order valence-corrected chi connectivity index (χ3v) is 4.02. The second kappa shape index (κ2) is 4.31. The van der Waals surface area contributed by atoms with Gasteiger partial charge in [0.2, 0.25) is 0 Å². The van der Waals surface area contributed by atoms with Gasteiger partial charge in [-0.15, -0.1) is 0 Å². The van der Waals surface area contributed by atoms with E-state index in [0.717, 1.165) is 31.0 Å². The minimum atomic E-state index is 0.427. The highest BCUT2D eigenvalue weighted by atomic mass is 35.5. The number of allylic oxidation sites excluding steroid dienone is 1. The number of fused-ring (bicyclic) bond motifs is 1. The topological polar surface area (TPSA) is 34.1 Å². The monoisotopic (exact) mass is 250 g/mol. The van der Waals surface area contributed by atoms with Crippen molar-refractivity contribution < 1.29 is 4.74 Å². The van der Waals surface area contributed by atoms with Gasteiger partial charge in [-0.2, -0.15) is 0 Å². The van der Waals surface area contributed by atoms with Crippen LogP contribution in [0.15, 0.2) is 18.3 Å². The number of nitrogens with one attached hydrogen (secondary N) is 1. The molecule has 1 aliphatic heterocycles. The van der Waals surface area contributed by atoms with Crippen LogP contribution in [0, 0.1) is 11.8 Å². The molecule has 17 heavy (non-hydrogen) atoms. The third-order valence-electron chi connectivity index (χ3n) is 3.74. The first-order valence-corrected chi connectivity index (χ1v) is 6.28. The molecule has 1 aliphatic carbocycles. The van der Waals surface area contributed by atoms with E-state index in [1.54, 1.807) is 7.11 Å². The fourth-order valence-corrected chi connectivity index (χ4v) is 3.02. The number of halogens is 1. The van der Waals surface area contributed by atoms with Gasteiger partial charge in [-0.25, -0.2) is 4.98 Å². The molecule has 1 aromatic rings. The van der Waals surface area contributed by atoms with Crippen LogP contribution in [-0.2, 0) is 0 Å². The van der Waals surface area contributed by atoms with Crippen molar-refractivity contribution in [3.63, 3.8) is 0 Å². The molecule has 0 amide bonds. The van der Waals surface area contributed by atoms with E-state index in [2.05, 4.69) is 16.4 Å². The number of aromatic nitrogens is 1. The van der Waals surface area contributed by atoms with Crippen molar-refractivity contribution in [1.82, 2.24) is 10.3 Å². The van der Waals surface area contributed by atoms with Crippen LogP contribution < -0.4 is 10.1 Å². The summed E-state index contributed by atoms with van der Waals surface area (Å²) in [6.07, 6.45) is 5.34. The fourth-order valence-electron chi connectivity index (χ4n) is 2.84. The van der Waals surface area contributed by atoms with Crippen LogP contribution in [0.5, 0.6) is 5.75 Å². The lowest BCUT2D eigenvalue weighted by Crippen LogP contribution is -2.10. The van der Waals surface area contributed by atoms with Gasteiger partial charge in [-0.1, -0.05) is 17.7 Å². The summed E-state index contributed by atoms with van der Waals surface area (Å²) in [7, 11) is 1.62. The Balaban J connectivity index is 1.94. The summed E-state index contributed by atoms with van der Waals surface area (Å²) in [6, 6.07) is 1.99. The van der Waals surface area contributed by atoms with Gasteiger partial charge in [0.25, 0.3) is 0 Å².